The van der Waals surface area contributed by atoms with Crippen molar-refractivity contribution < 1.29 is 4.74 Å². The maximum absolute atomic E-state index is 11.5. The Kier molecular flexibility index (Phi) is 2.88. The van der Waals surface area contributed by atoms with E-state index in [-0.39, 0.29) is 5.56 Å². The molecule has 0 aliphatic heterocycles. The number of nitrogens with one attached hydrogen (secondary N) is 1. The molecule has 1 N–H and O–H groups in total. The van der Waals surface area contributed by atoms with Gasteiger partial charge in [-0.1, -0.05) is 12.1 Å². The minimum Gasteiger partial charge on any atom is -0.496 e. The smallest absolute Gasteiger partial charge is 0.269 e. The van der Waals surface area contributed by atoms with Crippen LogP contribution in [0.25, 0.3) is 11.4 Å². The summed E-state index contributed by atoms with van der Waals surface area (Å²) in [4.78, 5) is 18.1. The van der Waals surface area contributed by atoms with Crippen molar-refractivity contribution >= 4 is 0 Å². The van der Waals surface area contributed by atoms with E-state index in [0.29, 0.717) is 17.1 Å². The topological polar surface area (TPSA) is 78.8 Å². The third-order valence-electron chi connectivity index (χ3n) is 2.28. The molecular formula is C12H9N3O2. The number of nitriles is 1. The molecule has 2 rings (SSSR count). The molecule has 0 aliphatic carbocycles. The van der Waals surface area contributed by atoms with E-state index in [1.807, 2.05) is 12.1 Å². The molecule has 84 valence electrons. The van der Waals surface area contributed by atoms with Gasteiger partial charge < -0.3 is 9.72 Å². The zero-order valence-corrected chi connectivity index (χ0v) is 9.10. The van der Waals surface area contributed by atoms with Gasteiger partial charge in [-0.2, -0.15) is 5.26 Å². The van der Waals surface area contributed by atoms with Gasteiger partial charge in [0.15, 0.2) is 0 Å². The highest BCUT2D eigenvalue weighted by molar-refractivity contribution is 5.63. The lowest BCUT2D eigenvalue weighted by atomic mass is 10.2. The molecular weight excluding hydrogens is 218 g/mol. The Bertz CT molecular complexity index is 641. The standard InChI is InChI=1S/C12H9N3O2/c1-17-10-5-3-2-4-9(10)11-14-7-8(6-13)12(16)15-11/h2-5,7H,1H3,(H,14,15,16). The highest BCUT2D eigenvalue weighted by Crippen LogP contribution is 2.25. The minimum atomic E-state index is -0.455. The van der Waals surface area contributed by atoms with Crippen molar-refractivity contribution in [2.45, 2.75) is 0 Å². The number of hydrogen-bond acceptors (Lipinski definition) is 4. The van der Waals surface area contributed by atoms with Gasteiger partial charge in [0, 0.05) is 0 Å². The van der Waals surface area contributed by atoms with E-state index >= 15 is 0 Å². The fourth-order valence-electron chi connectivity index (χ4n) is 1.45. The van der Waals surface area contributed by atoms with Crippen molar-refractivity contribution in [3.63, 3.8) is 0 Å². The first kappa shape index (κ1) is 10.9. The molecule has 0 spiro atoms. The maximum Gasteiger partial charge on any atom is 0.269 e. The average Bonchev–Trinajstić information content (AvgIpc) is 2.38. The van der Waals surface area contributed by atoms with Crippen LogP contribution in [0.15, 0.2) is 35.3 Å². The molecule has 1 aromatic carbocycles. The lowest BCUT2D eigenvalue weighted by molar-refractivity contribution is 0.416. The molecule has 0 saturated heterocycles. The van der Waals surface area contributed by atoms with E-state index < -0.39 is 5.56 Å². The molecule has 1 aromatic heterocycles. The molecule has 0 unspecified atom stereocenters. The fourth-order valence-corrected chi connectivity index (χ4v) is 1.45. The summed E-state index contributed by atoms with van der Waals surface area (Å²) < 4.78 is 5.17. The summed E-state index contributed by atoms with van der Waals surface area (Å²) in [5.74, 6) is 0.992. The normalized spacial score (nSPS) is 9.65. The van der Waals surface area contributed by atoms with Crippen LogP contribution in [0.4, 0.5) is 0 Å². The van der Waals surface area contributed by atoms with Crippen LogP contribution in [0.1, 0.15) is 5.56 Å². The monoisotopic (exact) mass is 227 g/mol. The van der Waals surface area contributed by atoms with Crippen LogP contribution in [0.3, 0.4) is 0 Å². The number of methoxy groups -OCH3 is 1. The Morgan fingerprint density at radius 3 is 2.82 bits per heavy atom. The number of ether oxygens (including phenoxy) is 1. The van der Waals surface area contributed by atoms with Gasteiger partial charge >= 0.3 is 0 Å². The summed E-state index contributed by atoms with van der Waals surface area (Å²) in [6.45, 7) is 0. The van der Waals surface area contributed by atoms with Gasteiger partial charge in [-0.3, -0.25) is 4.79 Å². The zero-order valence-electron chi connectivity index (χ0n) is 9.10. The molecule has 0 saturated carbocycles. The molecule has 0 atom stereocenters. The molecule has 17 heavy (non-hydrogen) atoms. The molecule has 5 nitrogen and oxygen atoms in total. The number of hydrogen-bond donors (Lipinski definition) is 1. The number of H-pyrrole nitrogens is 1. The van der Waals surface area contributed by atoms with Crippen molar-refractivity contribution in [2.75, 3.05) is 7.11 Å². The molecule has 0 fully saturated rings. The summed E-state index contributed by atoms with van der Waals surface area (Å²) in [6.07, 6.45) is 1.25. The fraction of sp³-hybridized carbons (Fsp3) is 0.0833. The van der Waals surface area contributed by atoms with E-state index in [1.54, 1.807) is 25.3 Å². The molecule has 2 aromatic rings. The Balaban J connectivity index is 2.58. The summed E-state index contributed by atoms with van der Waals surface area (Å²) in [5.41, 5.74) is 0.212. The van der Waals surface area contributed by atoms with E-state index in [2.05, 4.69) is 9.97 Å². The highest BCUT2D eigenvalue weighted by Gasteiger charge is 2.08. The minimum absolute atomic E-state index is 0.0105. The number of aromatic nitrogens is 2. The number of benzene rings is 1. The van der Waals surface area contributed by atoms with E-state index in [0.717, 1.165) is 0 Å². The van der Waals surface area contributed by atoms with Crippen LogP contribution in [0.5, 0.6) is 5.75 Å². The first-order valence-corrected chi connectivity index (χ1v) is 4.89. The van der Waals surface area contributed by atoms with Crippen LogP contribution < -0.4 is 10.3 Å². The van der Waals surface area contributed by atoms with Gasteiger partial charge in [-0.05, 0) is 12.1 Å². The van der Waals surface area contributed by atoms with Crippen molar-refractivity contribution in [3.8, 4) is 23.2 Å². The number of aromatic amines is 1. The van der Waals surface area contributed by atoms with Crippen LogP contribution in [-0.4, -0.2) is 17.1 Å². The quantitative estimate of drug-likeness (QED) is 0.839. The summed E-state index contributed by atoms with van der Waals surface area (Å²) in [6, 6.07) is 8.96. The van der Waals surface area contributed by atoms with Gasteiger partial charge in [0.05, 0.1) is 18.9 Å². The average molecular weight is 227 g/mol. The number of nitrogens with zero attached hydrogens (tertiary/aromatic N) is 2. The van der Waals surface area contributed by atoms with Crippen LogP contribution in [0.2, 0.25) is 0 Å². The van der Waals surface area contributed by atoms with Crippen molar-refractivity contribution in [2.24, 2.45) is 0 Å². The maximum atomic E-state index is 11.5. The Morgan fingerprint density at radius 2 is 2.18 bits per heavy atom. The molecule has 0 bridgehead atoms. The lowest BCUT2D eigenvalue weighted by Crippen LogP contribution is -2.12. The molecule has 0 aliphatic rings. The molecule has 0 amide bonds. The summed E-state index contributed by atoms with van der Waals surface area (Å²) in [5, 5.41) is 8.65. The predicted molar refractivity (Wildman–Crippen MR) is 61.6 cm³/mol. The predicted octanol–water partition coefficient (Wildman–Crippen LogP) is 1.32. The van der Waals surface area contributed by atoms with Crippen molar-refractivity contribution in [1.29, 1.82) is 5.26 Å². The third-order valence-corrected chi connectivity index (χ3v) is 2.28. The molecule has 0 radical (unpaired) electrons. The lowest BCUT2D eigenvalue weighted by Gasteiger charge is -2.06. The second kappa shape index (κ2) is 4.49. The van der Waals surface area contributed by atoms with Gasteiger partial charge in [0.1, 0.15) is 23.2 Å². The van der Waals surface area contributed by atoms with Crippen molar-refractivity contribution in [3.05, 3.63) is 46.4 Å². The zero-order chi connectivity index (χ0) is 12.3. The van der Waals surface area contributed by atoms with Gasteiger partial charge in [-0.15, -0.1) is 0 Å². The molecule has 5 heteroatoms. The number of rotatable bonds is 2. The van der Waals surface area contributed by atoms with Gasteiger partial charge in [-0.25, -0.2) is 4.98 Å². The van der Waals surface area contributed by atoms with E-state index in [1.165, 1.54) is 6.20 Å². The van der Waals surface area contributed by atoms with Gasteiger partial charge in [0.25, 0.3) is 5.56 Å². The van der Waals surface area contributed by atoms with Crippen LogP contribution >= 0.6 is 0 Å². The van der Waals surface area contributed by atoms with E-state index in [9.17, 15) is 4.79 Å². The molecule has 1 heterocycles. The SMILES string of the molecule is COc1ccccc1-c1ncc(C#N)c(=O)[nH]1. The van der Waals surface area contributed by atoms with E-state index in [4.69, 9.17) is 10.00 Å². The van der Waals surface area contributed by atoms with Crippen LogP contribution in [0, 0.1) is 11.3 Å². The second-order valence-electron chi connectivity index (χ2n) is 3.29. The summed E-state index contributed by atoms with van der Waals surface area (Å²) >= 11 is 0. The van der Waals surface area contributed by atoms with Gasteiger partial charge in [0.2, 0.25) is 0 Å². The second-order valence-corrected chi connectivity index (χ2v) is 3.29. The van der Waals surface area contributed by atoms with Crippen LogP contribution in [-0.2, 0) is 0 Å². The first-order chi connectivity index (χ1) is 8.26. The van der Waals surface area contributed by atoms with Crippen molar-refractivity contribution in [1.82, 2.24) is 9.97 Å². The largest absolute Gasteiger partial charge is 0.496 e. The Morgan fingerprint density at radius 1 is 1.41 bits per heavy atom. The third kappa shape index (κ3) is 2.01. The number of para-hydroxylation sites is 1. The Hall–Kier alpha value is -2.61. The Labute approximate surface area is 97.3 Å². The first-order valence-electron chi connectivity index (χ1n) is 4.89. The summed E-state index contributed by atoms with van der Waals surface area (Å²) in [7, 11) is 1.54. The highest BCUT2D eigenvalue weighted by atomic mass is 16.5.